The van der Waals surface area contributed by atoms with Crippen molar-refractivity contribution in [2.45, 2.75) is 13.0 Å². The maximum absolute atomic E-state index is 12.1. The molecule has 0 saturated carbocycles. The first-order valence-corrected chi connectivity index (χ1v) is 8.99. The van der Waals surface area contributed by atoms with Crippen molar-refractivity contribution in [3.63, 3.8) is 0 Å². The smallest absolute Gasteiger partial charge is 0.236 e. The molecular weight excluding hydrogens is 373 g/mol. The molecule has 6 nitrogen and oxygen atoms in total. The fourth-order valence-electron chi connectivity index (χ4n) is 3.72. The van der Waals surface area contributed by atoms with Crippen LogP contribution in [-0.4, -0.2) is 38.4 Å². The number of nitrogens with two attached hydrogens (primary N) is 1. The molecule has 8 heteroatoms. The molecule has 0 atom stereocenters. The van der Waals surface area contributed by atoms with Crippen LogP contribution in [0.2, 0.25) is 10.0 Å². The number of hydrogen-bond donors (Lipinski definition) is 1. The van der Waals surface area contributed by atoms with E-state index in [1.165, 1.54) is 6.33 Å². The highest BCUT2D eigenvalue weighted by atomic mass is 35.5. The molecule has 3 aromatic rings. The number of carbonyl (C=O) groups is 1. The number of amides is 1. The lowest BCUT2D eigenvalue weighted by Crippen LogP contribution is -2.39. The van der Waals surface area contributed by atoms with Crippen LogP contribution in [0.5, 0.6) is 0 Å². The predicted molar refractivity (Wildman–Crippen MR) is 102 cm³/mol. The Bertz CT molecular complexity index is 1020. The Labute approximate surface area is 160 Å². The Morgan fingerprint density at radius 3 is 2.73 bits per heavy atom. The molecule has 0 radical (unpaired) electrons. The van der Waals surface area contributed by atoms with Crippen LogP contribution in [-0.2, 0) is 24.8 Å². The Kier molecular flexibility index (Phi) is 4.34. The molecule has 0 aliphatic carbocycles. The Morgan fingerprint density at radius 2 is 2.04 bits per heavy atom. The van der Waals surface area contributed by atoms with Crippen molar-refractivity contribution in [3.05, 3.63) is 46.1 Å². The molecule has 0 spiro atoms. The van der Waals surface area contributed by atoms with Gasteiger partial charge in [0, 0.05) is 61.2 Å². The summed E-state index contributed by atoms with van der Waals surface area (Å²) in [7, 11) is 1.98. The van der Waals surface area contributed by atoms with Crippen molar-refractivity contribution in [3.8, 4) is 11.1 Å². The molecule has 134 valence electrons. The summed E-state index contributed by atoms with van der Waals surface area (Å²) >= 11 is 13.0. The fourth-order valence-corrected chi connectivity index (χ4v) is 4.20. The van der Waals surface area contributed by atoms with Gasteiger partial charge in [-0.15, -0.1) is 0 Å². The van der Waals surface area contributed by atoms with E-state index in [0.29, 0.717) is 23.1 Å². The lowest BCUT2D eigenvalue weighted by Gasteiger charge is -2.27. The van der Waals surface area contributed by atoms with E-state index in [4.69, 9.17) is 28.9 Å². The van der Waals surface area contributed by atoms with Crippen LogP contribution in [0.1, 0.15) is 11.3 Å². The number of fused-ring (bicyclic) bond motifs is 3. The van der Waals surface area contributed by atoms with Crippen LogP contribution in [0.4, 0.5) is 0 Å². The molecule has 0 saturated heterocycles. The maximum Gasteiger partial charge on any atom is 0.236 e. The standard InChI is InChI=1S/C18H17Cl2N5O/c1-24-14-2-3-25(15(26)5-21)8-12(14)16-11(10-6-22-9-23-7-10)4-13(19)17(20)18(16)24/h4,6-7,9H,2-3,5,8,21H2,1H3. The molecule has 4 rings (SSSR count). The van der Waals surface area contributed by atoms with Crippen molar-refractivity contribution in [1.82, 2.24) is 19.4 Å². The topological polar surface area (TPSA) is 77.0 Å². The van der Waals surface area contributed by atoms with Crippen LogP contribution in [0.25, 0.3) is 22.0 Å². The monoisotopic (exact) mass is 389 g/mol. The summed E-state index contributed by atoms with van der Waals surface area (Å²) in [5.74, 6) is -0.0580. The van der Waals surface area contributed by atoms with Crippen LogP contribution in [0, 0.1) is 0 Å². The van der Waals surface area contributed by atoms with E-state index in [1.807, 2.05) is 13.1 Å². The SMILES string of the molecule is Cn1c2c(c3c(-c4cncnc4)cc(Cl)c(Cl)c31)CN(C(=O)CN)CC2. The van der Waals surface area contributed by atoms with Crippen molar-refractivity contribution >= 4 is 40.0 Å². The van der Waals surface area contributed by atoms with E-state index in [2.05, 4.69) is 14.5 Å². The molecule has 26 heavy (non-hydrogen) atoms. The van der Waals surface area contributed by atoms with Gasteiger partial charge in [-0.05, 0) is 11.6 Å². The highest BCUT2D eigenvalue weighted by Crippen LogP contribution is 2.43. The largest absolute Gasteiger partial charge is 0.346 e. The minimum absolute atomic E-state index is 0.00602. The van der Waals surface area contributed by atoms with Gasteiger partial charge in [0.1, 0.15) is 6.33 Å². The molecule has 2 N–H and O–H groups in total. The minimum Gasteiger partial charge on any atom is -0.346 e. The van der Waals surface area contributed by atoms with E-state index in [9.17, 15) is 4.79 Å². The van der Waals surface area contributed by atoms with Gasteiger partial charge in [-0.25, -0.2) is 9.97 Å². The molecule has 1 aliphatic heterocycles. The number of aromatic nitrogens is 3. The summed E-state index contributed by atoms with van der Waals surface area (Å²) in [5, 5.41) is 1.97. The molecule has 0 unspecified atom stereocenters. The van der Waals surface area contributed by atoms with Crippen molar-refractivity contribution in [1.29, 1.82) is 0 Å². The molecule has 1 amide bonds. The van der Waals surface area contributed by atoms with E-state index in [0.717, 1.165) is 39.7 Å². The van der Waals surface area contributed by atoms with E-state index >= 15 is 0 Å². The van der Waals surface area contributed by atoms with Crippen LogP contribution >= 0.6 is 23.2 Å². The summed E-state index contributed by atoms with van der Waals surface area (Å²) in [5.41, 5.74) is 10.4. The number of nitrogens with zero attached hydrogens (tertiary/aromatic N) is 4. The first-order chi connectivity index (χ1) is 12.5. The van der Waals surface area contributed by atoms with Crippen LogP contribution < -0.4 is 5.73 Å². The average Bonchev–Trinajstić information content (AvgIpc) is 2.97. The zero-order valence-corrected chi connectivity index (χ0v) is 15.7. The van der Waals surface area contributed by atoms with Crippen molar-refractivity contribution in [2.75, 3.05) is 13.1 Å². The molecular formula is C18H17Cl2N5O. The third-order valence-corrected chi connectivity index (χ3v) is 5.73. The van der Waals surface area contributed by atoms with Gasteiger partial charge in [0.2, 0.25) is 5.91 Å². The van der Waals surface area contributed by atoms with E-state index < -0.39 is 0 Å². The molecule has 0 bridgehead atoms. The van der Waals surface area contributed by atoms with Crippen molar-refractivity contribution < 1.29 is 4.79 Å². The number of aryl methyl sites for hydroxylation is 1. The van der Waals surface area contributed by atoms with Gasteiger partial charge < -0.3 is 15.2 Å². The summed E-state index contributed by atoms with van der Waals surface area (Å²) in [6, 6.07) is 1.84. The number of hydrogen-bond acceptors (Lipinski definition) is 4. The van der Waals surface area contributed by atoms with Gasteiger partial charge in [-0.2, -0.15) is 0 Å². The highest BCUT2D eigenvalue weighted by Gasteiger charge is 2.28. The Balaban J connectivity index is 2.02. The van der Waals surface area contributed by atoms with Gasteiger partial charge >= 0.3 is 0 Å². The Morgan fingerprint density at radius 1 is 1.31 bits per heavy atom. The number of carbonyl (C=O) groups excluding carboxylic acids is 1. The zero-order chi connectivity index (χ0) is 18.4. The summed E-state index contributed by atoms with van der Waals surface area (Å²) < 4.78 is 2.08. The molecule has 1 aromatic carbocycles. The predicted octanol–water partition coefficient (Wildman–Crippen LogP) is 2.79. The summed E-state index contributed by atoms with van der Waals surface area (Å²) in [4.78, 5) is 22.2. The second-order valence-corrected chi connectivity index (χ2v) is 7.11. The number of rotatable bonds is 2. The molecule has 0 fully saturated rings. The van der Waals surface area contributed by atoms with Crippen molar-refractivity contribution in [2.24, 2.45) is 12.8 Å². The second-order valence-electron chi connectivity index (χ2n) is 6.32. The Hall–Kier alpha value is -2.15. The third kappa shape index (κ3) is 2.57. The normalized spacial score (nSPS) is 13.9. The number of halogens is 2. The average molecular weight is 390 g/mol. The molecule has 2 aromatic heterocycles. The van der Waals surface area contributed by atoms with Gasteiger partial charge in [-0.3, -0.25) is 4.79 Å². The number of benzene rings is 1. The second kappa shape index (κ2) is 6.54. The third-order valence-electron chi connectivity index (χ3n) is 4.95. The van der Waals surface area contributed by atoms with Crippen LogP contribution in [0.15, 0.2) is 24.8 Å². The lowest BCUT2D eigenvalue weighted by molar-refractivity contribution is -0.130. The molecule has 3 heterocycles. The zero-order valence-electron chi connectivity index (χ0n) is 14.2. The van der Waals surface area contributed by atoms with E-state index in [-0.39, 0.29) is 12.5 Å². The first kappa shape index (κ1) is 17.3. The van der Waals surface area contributed by atoms with E-state index in [1.54, 1.807) is 17.3 Å². The highest BCUT2D eigenvalue weighted by molar-refractivity contribution is 6.45. The first-order valence-electron chi connectivity index (χ1n) is 8.24. The summed E-state index contributed by atoms with van der Waals surface area (Å²) in [6.07, 6.45) is 5.72. The van der Waals surface area contributed by atoms with Gasteiger partial charge in [-0.1, -0.05) is 23.2 Å². The maximum atomic E-state index is 12.1. The lowest BCUT2D eigenvalue weighted by atomic mass is 9.97. The quantitative estimate of drug-likeness (QED) is 0.730. The van der Waals surface area contributed by atoms with Gasteiger partial charge in [0.05, 0.1) is 22.1 Å². The minimum atomic E-state index is -0.0580. The van der Waals surface area contributed by atoms with Crippen LogP contribution in [0.3, 0.4) is 0 Å². The molecule has 1 aliphatic rings. The fraction of sp³-hybridized carbons (Fsp3) is 0.278. The van der Waals surface area contributed by atoms with Gasteiger partial charge in [0.25, 0.3) is 0 Å². The van der Waals surface area contributed by atoms with Gasteiger partial charge in [0.15, 0.2) is 0 Å². The summed E-state index contributed by atoms with van der Waals surface area (Å²) in [6.45, 7) is 1.15.